The first-order valence-electron chi connectivity index (χ1n) is 9.72. The van der Waals surface area contributed by atoms with Crippen molar-refractivity contribution in [1.82, 2.24) is 5.43 Å². The molecule has 3 aromatic rings. The SMILES string of the molecule is COc1cccc(/C=N\NC(=O)C(=O)Nc2cccc(C)c2)c1OCc1ccccc1Cl. The van der Waals surface area contributed by atoms with Gasteiger partial charge in [-0.25, -0.2) is 5.43 Å². The Morgan fingerprint density at radius 3 is 2.56 bits per heavy atom. The van der Waals surface area contributed by atoms with Crippen molar-refractivity contribution in [3.05, 3.63) is 88.4 Å². The molecular weight excluding hydrogens is 430 g/mol. The average Bonchev–Trinajstić information content (AvgIpc) is 2.78. The van der Waals surface area contributed by atoms with E-state index in [2.05, 4.69) is 15.8 Å². The largest absolute Gasteiger partial charge is 0.493 e. The molecular formula is C24H22ClN3O4. The van der Waals surface area contributed by atoms with Crippen molar-refractivity contribution in [2.24, 2.45) is 5.10 Å². The topological polar surface area (TPSA) is 89.0 Å². The van der Waals surface area contributed by atoms with Gasteiger partial charge in [-0.3, -0.25) is 9.59 Å². The standard InChI is InChI=1S/C24H22ClN3O4/c1-16-7-5-10-19(13-16)27-23(29)24(30)28-26-14-17-9-6-12-21(31-2)22(17)32-15-18-8-3-4-11-20(18)25/h3-14H,15H2,1-2H3,(H,27,29)(H,28,30)/b26-14-. The summed E-state index contributed by atoms with van der Waals surface area (Å²) in [6.07, 6.45) is 1.38. The molecule has 0 fully saturated rings. The fourth-order valence-corrected chi connectivity index (χ4v) is 3.03. The van der Waals surface area contributed by atoms with Gasteiger partial charge in [0.15, 0.2) is 11.5 Å². The molecule has 2 N–H and O–H groups in total. The zero-order valence-corrected chi connectivity index (χ0v) is 18.3. The molecule has 0 aliphatic carbocycles. The van der Waals surface area contributed by atoms with Gasteiger partial charge in [-0.1, -0.05) is 48.0 Å². The van der Waals surface area contributed by atoms with E-state index in [0.29, 0.717) is 27.8 Å². The maximum Gasteiger partial charge on any atom is 0.329 e. The van der Waals surface area contributed by atoms with Crippen LogP contribution in [0.3, 0.4) is 0 Å². The molecule has 0 spiro atoms. The molecule has 0 atom stereocenters. The van der Waals surface area contributed by atoms with E-state index in [-0.39, 0.29) is 6.61 Å². The van der Waals surface area contributed by atoms with Crippen molar-refractivity contribution in [2.45, 2.75) is 13.5 Å². The summed E-state index contributed by atoms with van der Waals surface area (Å²) in [4.78, 5) is 24.1. The second-order valence-corrected chi connectivity index (χ2v) is 7.19. The van der Waals surface area contributed by atoms with Crippen molar-refractivity contribution in [3.63, 3.8) is 0 Å². The summed E-state index contributed by atoms with van der Waals surface area (Å²) in [5.41, 5.74) is 5.06. The molecule has 2 amide bonds. The monoisotopic (exact) mass is 451 g/mol. The van der Waals surface area contributed by atoms with Crippen LogP contribution >= 0.6 is 11.6 Å². The Morgan fingerprint density at radius 1 is 1.03 bits per heavy atom. The highest BCUT2D eigenvalue weighted by Crippen LogP contribution is 2.31. The number of hydrazone groups is 1. The summed E-state index contributed by atoms with van der Waals surface area (Å²) in [5, 5.41) is 6.99. The molecule has 8 heteroatoms. The normalized spacial score (nSPS) is 10.6. The molecule has 164 valence electrons. The van der Waals surface area contributed by atoms with Gasteiger partial charge in [-0.15, -0.1) is 0 Å². The Morgan fingerprint density at radius 2 is 1.81 bits per heavy atom. The number of amides is 2. The molecule has 0 unspecified atom stereocenters. The number of carbonyl (C=O) groups is 2. The number of ether oxygens (including phenoxy) is 2. The molecule has 0 saturated carbocycles. The number of para-hydroxylation sites is 1. The third kappa shape index (κ3) is 6.09. The zero-order chi connectivity index (χ0) is 22.9. The molecule has 0 aliphatic rings. The molecule has 7 nitrogen and oxygen atoms in total. The Bertz CT molecular complexity index is 1150. The lowest BCUT2D eigenvalue weighted by Crippen LogP contribution is -2.32. The maximum atomic E-state index is 12.1. The number of benzene rings is 3. The van der Waals surface area contributed by atoms with Gasteiger partial charge in [0.1, 0.15) is 6.61 Å². The van der Waals surface area contributed by atoms with Crippen LogP contribution in [0.5, 0.6) is 11.5 Å². The van der Waals surface area contributed by atoms with E-state index in [1.54, 1.807) is 42.5 Å². The summed E-state index contributed by atoms with van der Waals surface area (Å²) in [6.45, 7) is 2.10. The predicted octanol–water partition coefficient (Wildman–Crippen LogP) is 4.32. The lowest BCUT2D eigenvalue weighted by Gasteiger charge is -2.13. The van der Waals surface area contributed by atoms with Crippen molar-refractivity contribution in [1.29, 1.82) is 0 Å². The van der Waals surface area contributed by atoms with Crippen LogP contribution in [0.4, 0.5) is 5.69 Å². The van der Waals surface area contributed by atoms with Crippen molar-refractivity contribution >= 4 is 35.3 Å². The number of nitrogens with zero attached hydrogens (tertiary/aromatic N) is 1. The van der Waals surface area contributed by atoms with Crippen LogP contribution in [0, 0.1) is 6.92 Å². The molecule has 0 radical (unpaired) electrons. The lowest BCUT2D eigenvalue weighted by molar-refractivity contribution is -0.136. The highest BCUT2D eigenvalue weighted by atomic mass is 35.5. The van der Waals surface area contributed by atoms with Crippen molar-refractivity contribution in [3.8, 4) is 11.5 Å². The molecule has 0 saturated heterocycles. The minimum atomic E-state index is -0.899. The van der Waals surface area contributed by atoms with Crippen LogP contribution in [-0.2, 0) is 16.2 Å². The van der Waals surface area contributed by atoms with Gasteiger partial charge in [0.05, 0.1) is 13.3 Å². The number of anilines is 1. The summed E-state index contributed by atoms with van der Waals surface area (Å²) < 4.78 is 11.3. The van der Waals surface area contributed by atoms with Gasteiger partial charge in [-0.05, 0) is 42.8 Å². The Hall–Kier alpha value is -3.84. The van der Waals surface area contributed by atoms with Gasteiger partial charge in [0.2, 0.25) is 0 Å². The number of methoxy groups -OCH3 is 1. The first-order chi connectivity index (χ1) is 15.5. The third-order valence-electron chi connectivity index (χ3n) is 4.41. The Kier molecular flexibility index (Phi) is 7.83. The van der Waals surface area contributed by atoms with E-state index in [4.69, 9.17) is 21.1 Å². The van der Waals surface area contributed by atoms with Gasteiger partial charge < -0.3 is 14.8 Å². The van der Waals surface area contributed by atoms with E-state index in [9.17, 15) is 9.59 Å². The van der Waals surface area contributed by atoms with Crippen LogP contribution in [-0.4, -0.2) is 25.1 Å². The summed E-state index contributed by atoms with van der Waals surface area (Å²) >= 11 is 6.20. The van der Waals surface area contributed by atoms with Crippen LogP contribution in [0.1, 0.15) is 16.7 Å². The quantitative estimate of drug-likeness (QED) is 0.318. The smallest absolute Gasteiger partial charge is 0.329 e. The van der Waals surface area contributed by atoms with Crippen LogP contribution < -0.4 is 20.2 Å². The lowest BCUT2D eigenvalue weighted by atomic mass is 10.2. The van der Waals surface area contributed by atoms with E-state index >= 15 is 0 Å². The number of carbonyl (C=O) groups excluding carboxylic acids is 2. The average molecular weight is 452 g/mol. The first-order valence-corrected chi connectivity index (χ1v) is 10.1. The van der Waals surface area contributed by atoms with Crippen LogP contribution in [0.25, 0.3) is 0 Å². The Balaban J connectivity index is 1.67. The number of halogens is 1. The molecule has 0 aliphatic heterocycles. The number of rotatable bonds is 7. The second-order valence-electron chi connectivity index (χ2n) is 6.78. The number of aryl methyl sites for hydroxylation is 1. The second kappa shape index (κ2) is 11.0. The van der Waals surface area contributed by atoms with Gasteiger partial charge in [0, 0.05) is 21.8 Å². The molecule has 0 bridgehead atoms. The molecule has 32 heavy (non-hydrogen) atoms. The summed E-state index contributed by atoms with van der Waals surface area (Å²) in [7, 11) is 1.52. The number of nitrogens with one attached hydrogen (secondary N) is 2. The Labute approximate surface area is 191 Å². The number of hydrogen-bond acceptors (Lipinski definition) is 5. The minimum absolute atomic E-state index is 0.214. The van der Waals surface area contributed by atoms with E-state index in [1.807, 2.05) is 31.2 Å². The predicted molar refractivity (Wildman–Crippen MR) is 124 cm³/mol. The summed E-state index contributed by atoms with van der Waals surface area (Å²) in [6, 6.07) is 19.7. The first kappa shape index (κ1) is 22.8. The molecule has 3 rings (SSSR count). The summed E-state index contributed by atoms with van der Waals surface area (Å²) in [5.74, 6) is -0.806. The van der Waals surface area contributed by atoms with Gasteiger partial charge >= 0.3 is 11.8 Å². The van der Waals surface area contributed by atoms with Gasteiger partial charge in [0.25, 0.3) is 0 Å². The fourth-order valence-electron chi connectivity index (χ4n) is 2.84. The highest BCUT2D eigenvalue weighted by Gasteiger charge is 2.14. The van der Waals surface area contributed by atoms with E-state index < -0.39 is 11.8 Å². The number of hydrogen-bond donors (Lipinski definition) is 2. The molecule has 0 aromatic heterocycles. The van der Waals surface area contributed by atoms with E-state index in [0.717, 1.165) is 11.1 Å². The fraction of sp³-hybridized carbons (Fsp3) is 0.125. The molecule has 0 heterocycles. The minimum Gasteiger partial charge on any atom is -0.493 e. The van der Waals surface area contributed by atoms with E-state index in [1.165, 1.54) is 13.3 Å². The zero-order valence-electron chi connectivity index (χ0n) is 17.6. The van der Waals surface area contributed by atoms with Crippen LogP contribution in [0.2, 0.25) is 5.02 Å². The van der Waals surface area contributed by atoms with Gasteiger partial charge in [-0.2, -0.15) is 5.10 Å². The van der Waals surface area contributed by atoms with Crippen molar-refractivity contribution in [2.75, 3.05) is 12.4 Å². The maximum absolute atomic E-state index is 12.1. The van der Waals surface area contributed by atoms with Crippen LogP contribution in [0.15, 0.2) is 71.8 Å². The van der Waals surface area contributed by atoms with Crippen molar-refractivity contribution < 1.29 is 19.1 Å². The third-order valence-corrected chi connectivity index (χ3v) is 4.78. The molecule has 3 aromatic carbocycles. The highest BCUT2D eigenvalue weighted by molar-refractivity contribution is 6.39.